The lowest BCUT2D eigenvalue weighted by atomic mass is 10.0. The Balaban J connectivity index is 1.92. The van der Waals surface area contributed by atoms with E-state index >= 15 is 0 Å². The summed E-state index contributed by atoms with van der Waals surface area (Å²) in [6, 6.07) is 9.41. The summed E-state index contributed by atoms with van der Waals surface area (Å²) in [5.74, 6) is 0.305. The average molecular weight is 484 g/mol. The molecule has 1 N–H and O–H groups in total. The molecule has 194 valence electrons. The third kappa shape index (κ3) is 11.1. The second-order valence-electron chi connectivity index (χ2n) is 9.51. The quantitative estimate of drug-likeness (QED) is 0.202. The van der Waals surface area contributed by atoms with Crippen molar-refractivity contribution in [2.75, 3.05) is 6.61 Å². The zero-order valence-electron chi connectivity index (χ0n) is 22.1. The fourth-order valence-corrected chi connectivity index (χ4v) is 4.13. The summed E-state index contributed by atoms with van der Waals surface area (Å²) in [6.07, 6.45) is 17.3. The van der Waals surface area contributed by atoms with Gasteiger partial charge >= 0.3 is 5.97 Å². The molecule has 0 aliphatic rings. The Morgan fingerprint density at radius 3 is 2.11 bits per heavy atom. The van der Waals surface area contributed by atoms with E-state index in [9.17, 15) is 9.90 Å². The first-order valence-corrected chi connectivity index (χ1v) is 13.7. The van der Waals surface area contributed by atoms with Crippen molar-refractivity contribution in [1.29, 1.82) is 0 Å². The van der Waals surface area contributed by atoms with Crippen LogP contribution >= 0.6 is 0 Å². The van der Waals surface area contributed by atoms with Gasteiger partial charge in [-0.1, -0.05) is 90.2 Å². The van der Waals surface area contributed by atoms with Gasteiger partial charge in [-0.2, -0.15) is 0 Å². The predicted molar refractivity (Wildman–Crippen MR) is 144 cm³/mol. The number of rotatable bonds is 19. The van der Waals surface area contributed by atoms with Gasteiger partial charge in [-0.05, 0) is 49.9 Å². The number of pyridine rings is 1. The Kier molecular flexibility index (Phi) is 13.9. The molecule has 0 spiro atoms. The minimum absolute atomic E-state index is 0.0167. The molecule has 0 saturated heterocycles. The molecule has 0 aliphatic carbocycles. The van der Waals surface area contributed by atoms with Crippen LogP contribution in [0, 0.1) is 0 Å². The molecule has 0 aliphatic heterocycles. The minimum Gasteiger partial charge on any atom is -0.494 e. The fourth-order valence-electron chi connectivity index (χ4n) is 4.13. The highest BCUT2D eigenvalue weighted by atomic mass is 16.5. The smallest absolute Gasteiger partial charge is 0.337 e. The lowest BCUT2D eigenvalue weighted by molar-refractivity contribution is 0.0696. The van der Waals surface area contributed by atoms with E-state index in [1.807, 2.05) is 31.2 Å². The van der Waals surface area contributed by atoms with Gasteiger partial charge in [0.25, 0.3) is 0 Å². The molecule has 35 heavy (non-hydrogen) atoms. The maximum atomic E-state index is 11.5. The summed E-state index contributed by atoms with van der Waals surface area (Å²) < 4.78 is 12.1. The van der Waals surface area contributed by atoms with E-state index in [2.05, 4.69) is 18.8 Å². The number of benzene rings is 1. The molecule has 0 radical (unpaired) electrons. The number of carboxylic acids is 1. The molecule has 0 bridgehead atoms. The number of hydrogen-bond donors (Lipinski definition) is 1. The van der Waals surface area contributed by atoms with Crippen molar-refractivity contribution < 1.29 is 19.4 Å². The molecule has 5 nitrogen and oxygen atoms in total. The monoisotopic (exact) mass is 483 g/mol. The van der Waals surface area contributed by atoms with Gasteiger partial charge in [0.2, 0.25) is 5.88 Å². The average Bonchev–Trinajstić information content (AvgIpc) is 2.86. The molecule has 1 aromatic carbocycles. The van der Waals surface area contributed by atoms with E-state index in [0.717, 1.165) is 30.6 Å². The van der Waals surface area contributed by atoms with E-state index in [0.29, 0.717) is 18.1 Å². The first-order valence-electron chi connectivity index (χ1n) is 13.7. The van der Waals surface area contributed by atoms with Crippen LogP contribution < -0.4 is 9.47 Å². The Labute approximate surface area is 212 Å². The first-order chi connectivity index (χ1) is 17.0. The molecule has 0 saturated carbocycles. The minimum atomic E-state index is -0.997. The Morgan fingerprint density at radius 2 is 1.49 bits per heavy atom. The molecule has 2 aromatic rings. The third-order valence-electron chi connectivity index (χ3n) is 6.31. The van der Waals surface area contributed by atoms with Crippen LogP contribution in [0.5, 0.6) is 11.6 Å². The number of hydrogen-bond acceptors (Lipinski definition) is 4. The number of aromatic carboxylic acids is 1. The van der Waals surface area contributed by atoms with E-state index in [1.165, 1.54) is 70.4 Å². The Hall–Kier alpha value is -2.56. The van der Waals surface area contributed by atoms with Crippen molar-refractivity contribution in [1.82, 2.24) is 4.98 Å². The zero-order valence-corrected chi connectivity index (χ0v) is 22.1. The van der Waals surface area contributed by atoms with Gasteiger partial charge in [-0.15, -0.1) is 0 Å². The van der Waals surface area contributed by atoms with E-state index in [-0.39, 0.29) is 11.7 Å². The number of carboxylic acid groups (broad SMARTS) is 1. The van der Waals surface area contributed by atoms with Crippen LogP contribution in [0.3, 0.4) is 0 Å². The molecular formula is C30H45NO4. The van der Waals surface area contributed by atoms with Crippen molar-refractivity contribution in [2.24, 2.45) is 0 Å². The molecule has 0 fully saturated rings. The standard InChI is InChI=1S/C30H45NO4/c1-4-6-8-10-11-12-13-15-21-34-27-19-17-25(18-20-27)28-22-26(30(32)33)23-31-29(28)35-24(3)16-14-9-7-5-2/h17-20,22-24H,4-16,21H2,1-3H3,(H,32,33)/t24-/m1/s1. The van der Waals surface area contributed by atoms with Crippen molar-refractivity contribution in [3.8, 4) is 22.8 Å². The summed E-state index contributed by atoms with van der Waals surface area (Å²) in [5, 5.41) is 9.45. The Morgan fingerprint density at radius 1 is 0.886 bits per heavy atom. The summed E-state index contributed by atoms with van der Waals surface area (Å²) in [6.45, 7) is 7.21. The van der Waals surface area contributed by atoms with E-state index in [4.69, 9.17) is 9.47 Å². The van der Waals surface area contributed by atoms with Crippen molar-refractivity contribution in [2.45, 2.75) is 110 Å². The number of aromatic nitrogens is 1. The van der Waals surface area contributed by atoms with Crippen LogP contribution in [0.15, 0.2) is 36.5 Å². The van der Waals surface area contributed by atoms with Gasteiger partial charge in [0.05, 0.1) is 18.3 Å². The molecule has 2 rings (SSSR count). The molecule has 0 unspecified atom stereocenters. The maximum absolute atomic E-state index is 11.5. The highest BCUT2D eigenvalue weighted by Gasteiger charge is 2.15. The van der Waals surface area contributed by atoms with Gasteiger partial charge in [0.15, 0.2) is 0 Å². The van der Waals surface area contributed by atoms with Crippen molar-refractivity contribution in [3.63, 3.8) is 0 Å². The maximum Gasteiger partial charge on any atom is 0.337 e. The second kappa shape index (κ2) is 17.0. The molecule has 0 amide bonds. The summed E-state index contributed by atoms with van der Waals surface area (Å²) >= 11 is 0. The third-order valence-corrected chi connectivity index (χ3v) is 6.31. The van der Waals surface area contributed by atoms with Crippen molar-refractivity contribution >= 4 is 5.97 Å². The number of unbranched alkanes of at least 4 members (excludes halogenated alkanes) is 10. The normalized spacial score (nSPS) is 11.9. The van der Waals surface area contributed by atoms with Crippen LogP contribution in [0.1, 0.15) is 115 Å². The van der Waals surface area contributed by atoms with Gasteiger partial charge in [-0.25, -0.2) is 9.78 Å². The highest BCUT2D eigenvalue weighted by Crippen LogP contribution is 2.31. The predicted octanol–water partition coefficient (Wildman–Crippen LogP) is 8.70. The topological polar surface area (TPSA) is 68.7 Å². The first kappa shape index (κ1) is 28.7. The number of carbonyl (C=O) groups is 1. The lowest BCUT2D eigenvalue weighted by Crippen LogP contribution is -2.13. The SMILES string of the molecule is CCCCCCCCCCOc1ccc(-c2cc(C(=O)O)cnc2O[C@H](C)CCCCCC)cc1. The molecule has 1 heterocycles. The molecular weight excluding hydrogens is 438 g/mol. The second-order valence-corrected chi connectivity index (χ2v) is 9.51. The van der Waals surface area contributed by atoms with Crippen LogP contribution in [0.4, 0.5) is 0 Å². The number of ether oxygens (including phenoxy) is 2. The van der Waals surface area contributed by atoms with Gasteiger partial charge < -0.3 is 14.6 Å². The molecule has 1 aromatic heterocycles. The van der Waals surface area contributed by atoms with Gasteiger partial charge in [0, 0.05) is 11.8 Å². The highest BCUT2D eigenvalue weighted by molar-refractivity contribution is 5.89. The van der Waals surface area contributed by atoms with Crippen LogP contribution in [-0.4, -0.2) is 28.8 Å². The van der Waals surface area contributed by atoms with E-state index in [1.54, 1.807) is 6.07 Å². The largest absolute Gasteiger partial charge is 0.494 e. The van der Waals surface area contributed by atoms with Crippen LogP contribution in [0.25, 0.3) is 11.1 Å². The summed E-state index contributed by atoms with van der Waals surface area (Å²) in [5.41, 5.74) is 1.71. The van der Waals surface area contributed by atoms with Gasteiger partial charge in [-0.3, -0.25) is 0 Å². The van der Waals surface area contributed by atoms with Crippen LogP contribution in [-0.2, 0) is 0 Å². The zero-order chi connectivity index (χ0) is 25.3. The Bertz CT molecular complexity index is 850. The summed E-state index contributed by atoms with van der Waals surface area (Å²) in [7, 11) is 0. The fraction of sp³-hybridized carbons (Fsp3) is 0.600. The van der Waals surface area contributed by atoms with Gasteiger partial charge in [0.1, 0.15) is 5.75 Å². The lowest BCUT2D eigenvalue weighted by Gasteiger charge is -2.17. The van der Waals surface area contributed by atoms with Crippen LogP contribution in [0.2, 0.25) is 0 Å². The molecule has 5 heteroatoms. The molecule has 1 atom stereocenters. The van der Waals surface area contributed by atoms with E-state index < -0.39 is 5.97 Å². The van der Waals surface area contributed by atoms with Crippen molar-refractivity contribution in [3.05, 3.63) is 42.1 Å². The summed E-state index contributed by atoms with van der Waals surface area (Å²) in [4.78, 5) is 15.9. The number of nitrogens with zero attached hydrogens (tertiary/aromatic N) is 1.